The number of hydrogen-bond donors (Lipinski definition) is 2. The maximum absolute atomic E-state index is 12.6. The molecule has 0 aromatic carbocycles. The van der Waals surface area contributed by atoms with Crippen LogP contribution in [0.2, 0.25) is 0 Å². The number of hydrogen-bond acceptors (Lipinski definition) is 8. The van der Waals surface area contributed by atoms with E-state index in [0.29, 0.717) is 12.8 Å². The average Bonchev–Trinajstić information content (AvgIpc) is 3.20. The fourth-order valence-electron chi connectivity index (χ4n) is 6.08. The number of carbonyl (C=O) groups excluding carboxylic acids is 2. The van der Waals surface area contributed by atoms with E-state index >= 15 is 0 Å². The van der Waals surface area contributed by atoms with E-state index in [1.807, 2.05) is 6.08 Å². The van der Waals surface area contributed by atoms with Crippen LogP contribution in [-0.4, -0.2) is 49.3 Å². The second-order valence-corrected chi connectivity index (χ2v) is 16.3. The normalized spacial score (nSPS) is 13.8. The van der Waals surface area contributed by atoms with Gasteiger partial charge in [0.1, 0.15) is 6.61 Å². The monoisotopic (exact) mass is 822 g/mol. The molecule has 0 spiro atoms. The Balaban J connectivity index is 4.19. The SMILES string of the molecule is CC/C=C\C/C=C\C/C=C\C/C=C\C/C=C\CCCC(=O)OC[C@H](COP(=O)(O)OCCN)OC(=O)CCCCCCCCCCCCCCCCCCCCC. The van der Waals surface area contributed by atoms with Crippen LogP contribution >= 0.6 is 7.82 Å². The molecule has 0 rings (SSSR count). The predicted molar refractivity (Wildman–Crippen MR) is 238 cm³/mol. The highest BCUT2D eigenvalue weighted by Gasteiger charge is 2.26. The van der Waals surface area contributed by atoms with E-state index in [1.165, 1.54) is 96.3 Å². The summed E-state index contributed by atoms with van der Waals surface area (Å²) in [5.41, 5.74) is 5.35. The van der Waals surface area contributed by atoms with Gasteiger partial charge in [-0.2, -0.15) is 0 Å². The Morgan fingerprint density at radius 3 is 1.42 bits per heavy atom. The molecule has 0 aliphatic carbocycles. The number of phosphoric ester groups is 1. The first kappa shape index (κ1) is 54.7. The Kier molecular flexibility index (Phi) is 41.6. The van der Waals surface area contributed by atoms with E-state index in [4.69, 9.17) is 24.3 Å². The van der Waals surface area contributed by atoms with Crippen LogP contribution in [0, 0.1) is 0 Å². The summed E-state index contributed by atoms with van der Waals surface area (Å²) in [6.07, 6.45) is 51.2. The molecule has 1 unspecified atom stereocenters. The molecule has 0 radical (unpaired) electrons. The molecule has 0 aliphatic rings. The number of nitrogens with two attached hydrogens (primary N) is 1. The quantitative estimate of drug-likeness (QED) is 0.0267. The lowest BCUT2D eigenvalue weighted by Crippen LogP contribution is -2.29. The van der Waals surface area contributed by atoms with Gasteiger partial charge in [-0.1, -0.05) is 190 Å². The van der Waals surface area contributed by atoms with Gasteiger partial charge in [0, 0.05) is 19.4 Å². The summed E-state index contributed by atoms with van der Waals surface area (Å²) in [6, 6.07) is 0. The average molecular weight is 822 g/mol. The van der Waals surface area contributed by atoms with E-state index in [2.05, 4.69) is 68.5 Å². The number of rotatable bonds is 42. The fraction of sp³-hybridized carbons (Fsp3) is 0.745. The van der Waals surface area contributed by atoms with Crippen LogP contribution in [0.1, 0.15) is 194 Å². The van der Waals surface area contributed by atoms with Crippen molar-refractivity contribution in [2.45, 2.75) is 200 Å². The van der Waals surface area contributed by atoms with Gasteiger partial charge in [-0.05, 0) is 51.4 Å². The van der Waals surface area contributed by atoms with E-state index in [-0.39, 0.29) is 32.6 Å². The number of esters is 2. The molecule has 2 atom stereocenters. The predicted octanol–water partition coefficient (Wildman–Crippen LogP) is 13.3. The molecular formula is C47H84NO8P. The molecule has 0 saturated heterocycles. The molecule has 0 saturated carbocycles. The Morgan fingerprint density at radius 1 is 0.544 bits per heavy atom. The molecule has 0 aromatic rings. The number of allylic oxidation sites excluding steroid dienone is 10. The molecule has 9 nitrogen and oxygen atoms in total. The third-order valence-electron chi connectivity index (χ3n) is 9.42. The molecule has 0 fully saturated rings. The topological polar surface area (TPSA) is 134 Å². The van der Waals surface area contributed by atoms with Gasteiger partial charge in [-0.3, -0.25) is 18.6 Å². The van der Waals surface area contributed by atoms with E-state index in [0.717, 1.165) is 57.8 Å². The van der Waals surface area contributed by atoms with Gasteiger partial charge >= 0.3 is 19.8 Å². The van der Waals surface area contributed by atoms with Gasteiger partial charge in [-0.15, -0.1) is 0 Å². The molecular weight excluding hydrogens is 737 g/mol. The van der Waals surface area contributed by atoms with Crippen molar-refractivity contribution >= 4 is 19.8 Å². The Labute approximate surface area is 349 Å². The van der Waals surface area contributed by atoms with Crippen LogP contribution in [0.4, 0.5) is 0 Å². The Morgan fingerprint density at radius 2 is 0.965 bits per heavy atom. The van der Waals surface area contributed by atoms with Crippen molar-refractivity contribution in [3.05, 3.63) is 60.8 Å². The van der Waals surface area contributed by atoms with Crippen LogP contribution in [0.5, 0.6) is 0 Å². The van der Waals surface area contributed by atoms with Gasteiger partial charge in [0.25, 0.3) is 0 Å². The first-order valence-corrected chi connectivity index (χ1v) is 24.3. The van der Waals surface area contributed by atoms with E-state index in [9.17, 15) is 19.0 Å². The minimum absolute atomic E-state index is 0.0446. The summed E-state index contributed by atoms with van der Waals surface area (Å²) in [5, 5.41) is 0. The second-order valence-electron chi connectivity index (χ2n) is 14.9. The van der Waals surface area contributed by atoms with Gasteiger partial charge in [-0.25, -0.2) is 4.57 Å². The number of unbranched alkanes of at least 4 members (excludes halogenated alkanes) is 19. The molecule has 3 N–H and O–H groups in total. The number of ether oxygens (including phenoxy) is 2. The zero-order valence-corrected chi connectivity index (χ0v) is 37.2. The molecule has 57 heavy (non-hydrogen) atoms. The molecule has 0 amide bonds. The third kappa shape index (κ3) is 43.1. The van der Waals surface area contributed by atoms with Crippen molar-refractivity contribution in [3.63, 3.8) is 0 Å². The third-order valence-corrected chi connectivity index (χ3v) is 10.4. The maximum Gasteiger partial charge on any atom is 0.472 e. The van der Waals surface area contributed by atoms with Crippen LogP contribution in [-0.2, 0) is 32.7 Å². The number of phosphoric acid groups is 1. The molecule has 10 heteroatoms. The van der Waals surface area contributed by atoms with Crippen LogP contribution < -0.4 is 5.73 Å². The second kappa shape index (κ2) is 43.3. The first-order chi connectivity index (χ1) is 27.8. The van der Waals surface area contributed by atoms with Crippen LogP contribution in [0.15, 0.2) is 60.8 Å². The van der Waals surface area contributed by atoms with Crippen molar-refractivity contribution in [1.82, 2.24) is 0 Å². The van der Waals surface area contributed by atoms with Crippen molar-refractivity contribution in [1.29, 1.82) is 0 Å². The Bertz CT molecular complexity index is 1120. The zero-order chi connectivity index (χ0) is 41.8. The summed E-state index contributed by atoms with van der Waals surface area (Å²) >= 11 is 0. The number of carbonyl (C=O) groups is 2. The lowest BCUT2D eigenvalue weighted by Gasteiger charge is -2.19. The standard InChI is InChI=1S/C47H84NO8P/c1-3-5-7-9-11-13-15-17-19-21-22-24-26-28-30-32-34-36-38-40-47(50)56-45(44-55-57(51,52)54-42-41-48)43-53-46(49)39-37-35-33-31-29-27-25-23-20-18-16-14-12-10-8-6-4-2/h6,8,12,14,18,20,25,27,31,33,45H,3-5,7,9-11,13,15-17,19,21-24,26,28-30,32,34-44,48H2,1-2H3,(H,51,52)/b8-6-,14-12-,20-18-,27-25-,33-31-/t45-/m1/s1. The zero-order valence-electron chi connectivity index (χ0n) is 36.3. The highest BCUT2D eigenvalue weighted by Crippen LogP contribution is 2.43. The van der Waals surface area contributed by atoms with Crippen molar-refractivity contribution in [2.75, 3.05) is 26.4 Å². The van der Waals surface area contributed by atoms with E-state index in [1.54, 1.807) is 0 Å². The van der Waals surface area contributed by atoms with Crippen molar-refractivity contribution in [2.24, 2.45) is 5.73 Å². The van der Waals surface area contributed by atoms with Gasteiger partial charge < -0.3 is 20.1 Å². The van der Waals surface area contributed by atoms with Gasteiger partial charge in [0.05, 0.1) is 13.2 Å². The highest BCUT2D eigenvalue weighted by molar-refractivity contribution is 7.47. The summed E-state index contributed by atoms with van der Waals surface area (Å²) in [6.45, 7) is 3.57. The summed E-state index contributed by atoms with van der Waals surface area (Å²) in [7, 11) is -4.39. The van der Waals surface area contributed by atoms with E-state index < -0.39 is 32.5 Å². The fourth-order valence-corrected chi connectivity index (χ4v) is 6.85. The minimum atomic E-state index is -4.39. The summed E-state index contributed by atoms with van der Waals surface area (Å²) < 4.78 is 32.8. The van der Waals surface area contributed by atoms with Crippen molar-refractivity contribution < 1.29 is 37.6 Å². The van der Waals surface area contributed by atoms with Crippen molar-refractivity contribution in [3.8, 4) is 0 Å². The molecule has 330 valence electrons. The minimum Gasteiger partial charge on any atom is -0.462 e. The molecule has 0 bridgehead atoms. The first-order valence-electron chi connectivity index (χ1n) is 22.8. The van der Waals surface area contributed by atoms with Crippen LogP contribution in [0.3, 0.4) is 0 Å². The summed E-state index contributed by atoms with van der Waals surface area (Å²) in [4.78, 5) is 34.9. The van der Waals surface area contributed by atoms with Gasteiger partial charge in [0.2, 0.25) is 0 Å². The molecule has 0 heterocycles. The molecule has 0 aliphatic heterocycles. The maximum atomic E-state index is 12.6. The lowest BCUT2D eigenvalue weighted by molar-refractivity contribution is -0.161. The van der Waals surface area contributed by atoms with Gasteiger partial charge in [0.15, 0.2) is 6.10 Å². The van der Waals surface area contributed by atoms with Crippen LogP contribution in [0.25, 0.3) is 0 Å². The smallest absolute Gasteiger partial charge is 0.462 e. The Hall–Kier alpha value is -2.29. The molecule has 0 aromatic heterocycles. The highest BCUT2D eigenvalue weighted by atomic mass is 31.2. The largest absolute Gasteiger partial charge is 0.472 e. The summed E-state index contributed by atoms with van der Waals surface area (Å²) in [5.74, 6) is -0.894. The lowest BCUT2D eigenvalue weighted by atomic mass is 10.0.